The van der Waals surface area contributed by atoms with Crippen molar-refractivity contribution < 1.29 is 17.9 Å². The second-order valence-corrected chi connectivity index (χ2v) is 7.73. The number of carbonyl (C=O) groups excluding carboxylic acids is 1. The summed E-state index contributed by atoms with van der Waals surface area (Å²) in [7, 11) is -2.92. The number of ether oxygens (including phenoxy) is 1. The average molecular weight is 312 g/mol. The number of nitrogens with one attached hydrogen (secondary N) is 1. The van der Waals surface area contributed by atoms with Gasteiger partial charge in [0.2, 0.25) is 5.88 Å². The van der Waals surface area contributed by atoms with Gasteiger partial charge in [0.1, 0.15) is 15.5 Å². The van der Waals surface area contributed by atoms with Crippen molar-refractivity contribution in [1.29, 1.82) is 0 Å². The van der Waals surface area contributed by atoms with Crippen molar-refractivity contribution in [2.24, 2.45) is 0 Å². The van der Waals surface area contributed by atoms with Crippen LogP contribution in [0.3, 0.4) is 0 Å². The zero-order valence-corrected chi connectivity index (χ0v) is 13.0. The van der Waals surface area contributed by atoms with Gasteiger partial charge in [-0.1, -0.05) is 6.07 Å². The van der Waals surface area contributed by atoms with Crippen LogP contribution in [0.2, 0.25) is 0 Å². The number of aromatic nitrogens is 1. The smallest absolute Gasteiger partial charge is 0.270 e. The Bertz CT molecular complexity index is 599. The molecule has 1 aromatic rings. The van der Waals surface area contributed by atoms with Crippen LogP contribution in [0.25, 0.3) is 0 Å². The molecule has 0 aromatic carbocycles. The Labute approximate surface area is 124 Å². The third-order valence-corrected chi connectivity index (χ3v) is 4.92. The van der Waals surface area contributed by atoms with Crippen LogP contribution in [-0.4, -0.2) is 43.0 Å². The van der Waals surface area contributed by atoms with E-state index < -0.39 is 9.84 Å². The highest BCUT2D eigenvalue weighted by atomic mass is 32.2. The Hall–Kier alpha value is -1.63. The molecule has 1 aromatic heterocycles. The summed E-state index contributed by atoms with van der Waals surface area (Å²) in [5.41, 5.74) is 0.279. The lowest BCUT2D eigenvalue weighted by molar-refractivity contribution is 0.0927. The molecule has 7 heteroatoms. The summed E-state index contributed by atoms with van der Waals surface area (Å²) >= 11 is 0. The fourth-order valence-electron chi connectivity index (χ4n) is 2.14. The molecule has 2 rings (SSSR count). The minimum absolute atomic E-state index is 0.0145. The van der Waals surface area contributed by atoms with E-state index in [4.69, 9.17) is 4.74 Å². The fourth-order valence-corrected chi connectivity index (χ4v) is 3.63. The molecule has 1 aliphatic rings. The molecule has 1 amide bonds. The number of hydrogen-bond acceptors (Lipinski definition) is 5. The van der Waals surface area contributed by atoms with Gasteiger partial charge < -0.3 is 10.1 Å². The molecule has 0 atom stereocenters. The minimum atomic E-state index is -2.92. The molecule has 0 unspecified atom stereocenters. The van der Waals surface area contributed by atoms with Crippen LogP contribution < -0.4 is 10.1 Å². The van der Waals surface area contributed by atoms with E-state index in [2.05, 4.69) is 10.3 Å². The first kappa shape index (κ1) is 15.8. The summed E-state index contributed by atoms with van der Waals surface area (Å²) < 4.78 is 28.2. The van der Waals surface area contributed by atoms with Crippen LogP contribution in [-0.2, 0) is 9.84 Å². The third kappa shape index (κ3) is 4.70. The van der Waals surface area contributed by atoms with Crippen molar-refractivity contribution in [3.05, 3.63) is 23.9 Å². The first-order chi connectivity index (χ1) is 9.85. The van der Waals surface area contributed by atoms with Crippen LogP contribution in [0.4, 0.5) is 0 Å². The molecule has 0 radical (unpaired) electrons. The maximum absolute atomic E-state index is 12.1. The standard InChI is InChI=1S/C14H20N2O4S/c1-10(2)20-13-5-3-4-12(16-13)14(17)15-11-6-8-21(18,19)9-7-11/h3-5,10-11H,6-9H2,1-2H3,(H,15,17). The number of sulfone groups is 1. The van der Waals surface area contributed by atoms with Crippen LogP contribution in [0.15, 0.2) is 18.2 Å². The predicted octanol–water partition coefficient (Wildman–Crippen LogP) is 1.18. The Morgan fingerprint density at radius 2 is 2.00 bits per heavy atom. The molecule has 0 aliphatic carbocycles. The average Bonchev–Trinajstić information content (AvgIpc) is 2.41. The van der Waals surface area contributed by atoms with Gasteiger partial charge in [-0.3, -0.25) is 4.79 Å². The van der Waals surface area contributed by atoms with E-state index in [0.717, 1.165) is 0 Å². The molecule has 0 bridgehead atoms. The Kier molecular flexibility index (Phi) is 4.82. The SMILES string of the molecule is CC(C)Oc1cccc(C(=O)NC2CCS(=O)(=O)CC2)n1. The number of carbonyl (C=O) groups is 1. The maximum atomic E-state index is 12.1. The molecule has 0 saturated carbocycles. The molecule has 1 saturated heterocycles. The summed E-state index contributed by atoms with van der Waals surface area (Å²) in [6.07, 6.45) is 0.895. The molecule has 6 nitrogen and oxygen atoms in total. The number of pyridine rings is 1. The quantitative estimate of drug-likeness (QED) is 0.902. The monoisotopic (exact) mass is 312 g/mol. The summed E-state index contributed by atoms with van der Waals surface area (Å²) in [6.45, 7) is 3.77. The van der Waals surface area contributed by atoms with Gasteiger partial charge in [0.05, 0.1) is 17.6 Å². The fraction of sp³-hybridized carbons (Fsp3) is 0.571. The molecule has 2 heterocycles. The summed E-state index contributed by atoms with van der Waals surface area (Å²) in [5.74, 6) is 0.362. The van der Waals surface area contributed by atoms with Crippen LogP contribution >= 0.6 is 0 Å². The van der Waals surface area contributed by atoms with Crippen molar-refractivity contribution in [3.63, 3.8) is 0 Å². The van der Waals surface area contributed by atoms with Crippen LogP contribution in [0.5, 0.6) is 5.88 Å². The van der Waals surface area contributed by atoms with Gasteiger partial charge in [-0.05, 0) is 32.8 Å². The van der Waals surface area contributed by atoms with Crippen LogP contribution in [0.1, 0.15) is 37.2 Å². The van der Waals surface area contributed by atoms with Gasteiger partial charge >= 0.3 is 0 Å². The Balaban J connectivity index is 1.97. The van der Waals surface area contributed by atoms with Gasteiger partial charge in [0.15, 0.2) is 0 Å². The molecule has 116 valence electrons. The molecule has 1 aliphatic heterocycles. The molecule has 0 spiro atoms. The highest BCUT2D eigenvalue weighted by Crippen LogP contribution is 2.14. The molecule has 1 fully saturated rings. The van der Waals surface area contributed by atoms with E-state index in [0.29, 0.717) is 18.7 Å². The summed E-state index contributed by atoms with van der Waals surface area (Å²) in [4.78, 5) is 16.3. The van der Waals surface area contributed by atoms with Crippen molar-refractivity contribution in [3.8, 4) is 5.88 Å². The van der Waals surface area contributed by atoms with Gasteiger partial charge in [0, 0.05) is 12.1 Å². The van der Waals surface area contributed by atoms with Gasteiger partial charge in [-0.25, -0.2) is 13.4 Å². The van der Waals surface area contributed by atoms with Gasteiger partial charge in [-0.2, -0.15) is 0 Å². The molecule has 1 N–H and O–H groups in total. The Morgan fingerprint density at radius 1 is 1.33 bits per heavy atom. The van der Waals surface area contributed by atoms with Crippen LogP contribution in [0, 0.1) is 0 Å². The largest absolute Gasteiger partial charge is 0.475 e. The highest BCUT2D eigenvalue weighted by Gasteiger charge is 2.25. The Morgan fingerprint density at radius 3 is 2.62 bits per heavy atom. The van der Waals surface area contributed by atoms with E-state index >= 15 is 0 Å². The van der Waals surface area contributed by atoms with E-state index in [-0.39, 0.29) is 35.3 Å². The van der Waals surface area contributed by atoms with Crippen molar-refractivity contribution >= 4 is 15.7 Å². The zero-order valence-electron chi connectivity index (χ0n) is 12.2. The third-order valence-electron chi connectivity index (χ3n) is 3.20. The summed E-state index contributed by atoms with van der Waals surface area (Å²) in [6, 6.07) is 4.91. The van der Waals surface area contributed by atoms with E-state index in [9.17, 15) is 13.2 Å². The minimum Gasteiger partial charge on any atom is -0.475 e. The number of hydrogen-bond donors (Lipinski definition) is 1. The van der Waals surface area contributed by atoms with E-state index in [1.807, 2.05) is 13.8 Å². The lowest BCUT2D eigenvalue weighted by Crippen LogP contribution is -2.41. The molecular formula is C14H20N2O4S. The van der Waals surface area contributed by atoms with Crippen molar-refractivity contribution in [2.75, 3.05) is 11.5 Å². The van der Waals surface area contributed by atoms with Crippen molar-refractivity contribution in [1.82, 2.24) is 10.3 Å². The van der Waals surface area contributed by atoms with Crippen molar-refractivity contribution in [2.45, 2.75) is 38.8 Å². The molecule has 21 heavy (non-hydrogen) atoms. The predicted molar refractivity (Wildman–Crippen MR) is 79.1 cm³/mol. The topological polar surface area (TPSA) is 85.4 Å². The lowest BCUT2D eigenvalue weighted by atomic mass is 10.1. The zero-order chi connectivity index (χ0) is 15.5. The van der Waals surface area contributed by atoms with E-state index in [1.165, 1.54) is 0 Å². The first-order valence-electron chi connectivity index (χ1n) is 7.01. The number of rotatable bonds is 4. The lowest BCUT2D eigenvalue weighted by Gasteiger charge is -2.22. The van der Waals surface area contributed by atoms with E-state index in [1.54, 1.807) is 18.2 Å². The first-order valence-corrected chi connectivity index (χ1v) is 8.83. The second kappa shape index (κ2) is 6.43. The molecular weight excluding hydrogens is 292 g/mol. The second-order valence-electron chi connectivity index (χ2n) is 5.43. The number of nitrogens with zero attached hydrogens (tertiary/aromatic N) is 1. The normalized spacial score (nSPS) is 18.4. The number of amides is 1. The van der Waals surface area contributed by atoms with Gasteiger partial charge in [0.25, 0.3) is 5.91 Å². The maximum Gasteiger partial charge on any atom is 0.270 e. The highest BCUT2D eigenvalue weighted by molar-refractivity contribution is 7.91. The summed E-state index contributed by atoms with van der Waals surface area (Å²) in [5, 5.41) is 2.83. The van der Waals surface area contributed by atoms with Gasteiger partial charge in [-0.15, -0.1) is 0 Å².